The molecule has 1 aliphatic heterocycles. The zero-order valence-electron chi connectivity index (χ0n) is 18.1. The molecule has 0 bridgehead atoms. The summed E-state index contributed by atoms with van der Waals surface area (Å²) in [7, 11) is 0. The first-order valence-corrected chi connectivity index (χ1v) is 11.2. The van der Waals surface area contributed by atoms with Gasteiger partial charge in [0.2, 0.25) is 0 Å². The Kier molecular flexibility index (Phi) is 4.76. The molecule has 1 atom stereocenters. The fraction of sp³-hybridized carbons (Fsp3) is 0.148. The van der Waals surface area contributed by atoms with Gasteiger partial charge in [-0.15, -0.1) is 0 Å². The lowest BCUT2D eigenvalue weighted by molar-refractivity contribution is 0.0688. The van der Waals surface area contributed by atoms with E-state index in [2.05, 4.69) is 33.3 Å². The van der Waals surface area contributed by atoms with Crippen LogP contribution in [-0.4, -0.2) is 37.1 Å². The number of carbonyl (C=O) groups excluding carboxylic acids is 1. The number of hydrogen-bond acceptors (Lipinski definition) is 3. The monoisotopic (exact) mass is 433 g/mol. The Morgan fingerprint density at radius 2 is 1.91 bits per heavy atom. The standard InChI is InChI=1S/C27H23N5O/c33-27(20-8-5-7-19(17-20)18-31-15-6-14-29-31)32-16-12-22-21-9-1-2-10-23(21)30-25(22)26(32)24-11-3-4-13-28-24/h1-11,13-15,17,26,30H,12,16,18H2. The molecule has 0 fully saturated rings. The van der Waals surface area contributed by atoms with E-state index in [1.165, 1.54) is 10.9 Å². The lowest BCUT2D eigenvalue weighted by Gasteiger charge is -2.35. The Balaban J connectivity index is 1.40. The van der Waals surface area contributed by atoms with Gasteiger partial charge in [0.1, 0.15) is 6.04 Å². The molecule has 1 amide bonds. The summed E-state index contributed by atoms with van der Waals surface area (Å²) in [4.78, 5) is 24.0. The van der Waals surface area contributed by atoms with Crippen molar-refractivity contribution in [2.75, 3.05) is 6.54 Å². The van der Waals surface area contributed by atoms with Gasteiger partial charge in [-0.2, -0.15) is 5.10 Å². The third-order valence-corrected chi connectivity index (χ3v) is 6.34. The molecular formula is C27H23N5O. The summed E-state index contributed by atoms with van der Waals surface area (Å²) in [5, 5.41) is 5.51. The Morgan fingerprint density at radius 1 is 1.00 bits per heavy atom. The number of para-hydroxylation sites is 1. The molecule has 0 radical (unpaired) electrons. The Bertz CT molecular complexity index is 1420. The SMILES string of the molecule is O=C(c1cccc(Cn2cccn2)c1)N1CCc2c([nH]c3ccccc23)C1c1ccccn1. The Hall–Kier alpha value is -4.19. The van der Waals surface area contributed by atoms with Gasteiger partial charge in [-0.25, -0.2) is 0 Å². The molecule has 6 rings (SSSR count). The first-order chi connectivity index (χ1) is 16.3. The number of pyridine rings is 1. The van der Waals surface area contributed by atoms with Crippen LogP contribution in [0.3, 0.4) is 0 Å². The van der Waals surface area contributed by atoms with Crippen molar-refractivity contribution in [1.29, 1.82) is 0 Å². The highest BCUT2D eigenvalue weighted by molar-refractivity contribution is 5.95. The van der Waals surface area contributed by atoms with Crippen LogP contribution in [0.5, 0.6) is 0 Å². The number of nitrogens with one attached hydrogen (secondary N) is 1. The number of nitrogens with zero attached hydrogens (tertiary/aromatic N) is 4. The summed E-state index contributed by atoms with van der Waals surface area (Å²) < 4.78 is 1.86. The number of amides is 1. The lowest BCUT2D eigenvalue weighted by Crippen LogP contribution is -2.41. The predicted octanol–water partition coefficient (Wildman–Crippen LogP) is 4.60. The molecule has 162 valence electrons. The number of rotatable bonds is 4. The first-order valence-electron chi connectivity index (χ1n) is 11.2. The van der Waals surface area contributed by atoms with Crippen LogP contribution < -0.4 is 0 Å². The zero-order valence-corrected chi connectivity index (χ0v) is 18.1. The summed E-state index contributed by atoms with van der Waals surface area (Å²) >= 11 is 0. The second-order valence-corrected chi connectivity index (χ2v) is 8.37. The average Bonchev–Trinajstić information content (AvgIpc) is 3.51. The van der Waals surface area contributed by atoms with E-state index >= 15 is 0 Å². The number of aromatic amines is 1. The van der Waals surface area contributed by atoms with E-state index < -0.39 is 0 Å². The van der Waals surface area contributed by atoms with Crippen molar-refractivity contribution in [2.45, 2.75) is 19.0 Å². The minimum absolute atomic E-state index is 0.0114. The molecule has 33 heavy (non-hydrogen) atoms. The summed E-state index contributed by atoms with van der Waals surface area (Å²) in [5.41, 5.74) is 6.02. The molecule has 1 unspecified atom stereocenters. The largest absolute Gasteiger partial charge is 0.356 e. The smallest absolute Gasteiger partial charge is 0.254 e. The molecule has 0 saturated carbocycles. The maximum atomic E-state index is 13.8. The van der Waals surface area contributed by atoms with Crippen molar-refractivity contribution in [3.05, 3.63) is 119 Å². The van der Waals surface area contributed by atoms with E-state index in [-0.39, 0.29) is 11.9 Å². The molecule has 1 N–H and O–H groups in total. The molecule has 0 spiro atoms. The molecule has 0 aliphatic carbocycles. The van der Waals surface area contributed by atoms with Gasteiger partial charge in [-0.3, -0.25) is 14.5 Å². The number of H-pyrrole nitrogens is 1. The van der Waals surface area contributed by atoms with E-state index in [1.807, 2.05) is 70.4 Å². The fourth-order valence-electron chi connectivity index (χ4n) is 4.85. The van der Waals surface area contributed by atoms with E-state index in [0.29, 0.717) is 18.7 Å². The average molecular weight is 434 g/mol. The van der Waals surface area contributed by atoms with Gasteiger partial charge in [0.15, 0.2) is 0 Å². The van der Waals surface area contributed by atoms with E-state index in [4.69, 9.17) is 0 Å². The summed E-state index contributed by atoms with van der Waals surface area (Å²) in [6.07, 6.45) is 6.28. The third kappa shape index (κ3) is 3.49. The number of benzene rings is 2. The third-order valence-electron chi connectivity index (χ3n) is 6.34. The van der Waals surface area contributed by atoms with E-state index in [0.717, 1.165) is 28.9 Å². The van der Waals surface area contributed by atoms with Crippen molar-refractivity contribution >= 4 is 16.8 Å². The number of aromatic nitrogens is 4. The number of hydrogen-bond donors (Lipinski definition) is 1. The van der Waals surface area contributed by atoms with Gasteiger partial charge < -0.3 is 9.88 Å². The Morgan fingerprint density at radius 3 is 2.76 bits per heavy atom. The van der Waals surface area contributed by atoms with Crippen molar-refractivity contribution in [1.82, 2.24) is 24.6 Å². The van der Waals surface area contributed by atoms with Crippen LogP contribution in [0.1, 0.15) is 38.9 Å². The van der Waals surface area contributed by atoms with Crippen LogP contribution in [0.25, 0.3) is 10.9 Å². The van der Waals surface area contributed by atoms with Gasteiger partial charge in [0.25, 0.3) is 5.91 Å². The van der Waals surface area contributed by atoms with Gasteiger partial charge in [0.05, 0.1) is 12.2 Å². The molecule has 3 aromatic heterocycles. The van der Waals surface area contributed by atoms with Crippen LogP contribution in [0.4, 0.5) is 0 Å². The summed E-state index contributed by atoms with van der Waals surface area (Å²) in [5.74, 6) is 0.0114. The minimum Gasteiger partial charge on any atom is -0.356 e. The minimum atomic E-state index is -0.260. The molecule has 5 aromatic rings. The van der Waals surface area contributed by atoms with Gasteiger partial charge >= 0.3 is 0 Å². The highest BCUT2D eigenvalue weighted by Gasteiger charge is 2.35. The zero-order chi connectivity index (χ0) is 22.2. The second-order valence-electron chi connectivity index (χ2n) is 8.37. The highest BCUT2D eigenvalue weighted by atomic mass is 16.2. The maximum absolute atomic E-state index is 13.8. The molecule has 1 aliphatic rings. The molecule has 2 aromatic carbocycles. The first kappa shape index (κ1) is 19.5. The van der Waals surface area contributed by atoms with Gasteiger partial charge in [-0.1, -0.05) is 36.4 Å². The lowest BCUT2D eigenvalue weighted by atomic mass is 9.94. The quantitative estimate of drug-likeness (QED) is 0.451. The maximum Gasteiger partial charge on any atom is 0.254 e. The van der Waals surface area contributed by atoms with Crippen molar-refractivity contribution < 1.29 is 4.79 Å². The molecule has 6 nitrogen and oxygen atoms in total. The van der Waals surface area contributed by atoms with Crippen molar-refractivity contribution in [3.8, 4) is 0 Å². The molecule has 6 heteroatoms. The van der Waals surface area contributed by atoms with E-state index in [9.17, 15) is 4.79 Å². The van der Waals surface area contributed by atoms with E-state index in [1.54, 1.807) is 12.4 Å². The van der Waals surface area contributed by atoms with Crippen LogP contribution >= 0.6 is 0 Å². The van der Waals surface area contributed by atoms with Gasteiger partial charge in [0, 0.05) is 47.3 Å². The van der Waals surface area contributed by atoms with Crippen molar-refractivity contribution in [2.24, 2.45) is 0 Å². The Labute approximate surface area is 191 Å². The normalized spacial score (nSPS) is 15.5. The number of carbonyl (C=O) groups is 1. The fourth-order valence-corrected chi connectivity index (χ4v) is 4.85. The number of fused-ring (bicyclic) bond motifs is 3. The summed E-state index contributed by atoms with van der Waals surface area (Å²) in [6, 6.07) is 23.7. The second kappa shape index (κ2) is 8.06. The van der Waals surface area contributed by atoms with Crippen LogP contribution in [-0.2, 0) is 13.0 Å². The summed E-state index contributed by atoms with van der Waals surface area (Å²) in [6.45, 7) is 1.27. The van der Waals surface area contributed by atoms with Gasteiger partial charge in [-0.05, 0) is 53.9 Å². The van der Waals surface area contributed by atoms with Crippen LogP contribution in [0.15, 0.2) is 91.4 Å². The molecule has 4 heterocycles. The topological polar surface area (TPSA) is 66.8 Å². The highest BCUT2D eigenvalue weighted by Crippen LogP contribution is 2.38. The molecular weight excluding hydrogens is 410 g/mol. The van der Waals surface area contributed by atoms with Crippen molar-refractivity contribution in [3.63, 3.8) is 0 Å². The van der Waals surface area contributed by atoms with Crippen LogP contribution in [0.2, 0.25) is 0 Å². The predicted molar refractivity (Wildman–Crippen MR) is 127 cm³/mol. The van der Waals surface area contributed by atoms with Crippen LogP contribution in [0, 0.1) is 0 Å². The molecule has 0 saturated heterocycles.